The lowest BCUT2D eigenvalue weighted by Gasteiger charge is -2.45. The maximum atomic E-state index is 5.59. The third kappa shape index (κ3) is 8.40. The van der Waals surface area contributed by atoms with Crippen LogP contribution in [0.2, 0.25) is 0 Å². The fourth-order valence-electron chi connectivity index (χ4n) is 13.0. The van der Waals surface area contributed by atoms with E-state index in [1.54, 1.807) is 0 Å². The molecule has 0 N–H and O–H groups in total. The minimum absolute atomic E-state index is 0.189. The van der Waals surface area contributed by atoms with Gasteiger partial charge in [0, 0.05) is 50.8 Å². The largest absolute Gasteiger partial charge is 0.311 e. The fraction of sp³-hybridized carbons (Fsp3) is 0. The van der Waals surface area contributed by atoms with Crippen LogP contribution in [-0.4, -0.2) is 16.7 Å². The molecule has 0 radical (unpaired) electrons. The Morgan fingerprint density at radius 1 is 0.229 bits per heavy atom. The highest BCUT2D eigenvalue weighted by Crippen LogP contribution is 2.50. The van der Waals surface area contributed by atoms with E-state index in [0.717, 1.165) is 107 Å². The van der Waals surface area contributed by atoms with Gasteiger partial charge in [0.25, 0.3) is 6.71 Å². The SMILES string of the molecule is c1ccc(-c2cc(-c3ccccc3)cc(N3c4cc(-c5cc(-c6ccccc6)nc(-c6ccccc6)n5)cc5c4B(c4c3ccc3ccccc43)c3c(ccc4ccccc34)N5c3cc(-c4ccccc4)cc(-c4ccccc4)c3)c2)cc1. The van der Waals surface area contributed by atoms with Gasteiger partial charge < -0.3 is 9.80 Å². The van der Waals surface area contributed by atoms with Gasteiger partial charge in [-0.3, -0.25) is 0 Å². The van der Waals surface area contributed by atoms with Crippen molar-refractivity contribution >= 4 is 78.8 Å². The van der Waals surface area contributed by atoms with E-state index >= 15 is 0 Å². The van der Waals surface area contributed by atoms with Gasteiger partial charge in [0.1, 0.15) is 0 Å². The second kappa shape index (κ2) is 20.0. The van der Waals surface area contributed by atoms with Crippen LogP contribution in [0.15, 0.2) is 309 Å². The van der Waals surface area contributed by atoms with Gasteiger partial charge in [0.05, 0.1) is 11.4 Å². The topological polar surface area (TPSA) is 32.3 Å². The number of benzene rings is 13. The number of hydrogen-bond donors (Lipinski definition) is 0. The molecule has 0 saturated carbocycles. The normalized spacial score (nSPS) is 12.3. The minimum Gasteiger partial charge on any atom is -0.311 e. The Hall–Kier alpha value is -10.9. The molecular formula is C78H51BN4. The Kier molecular flexibility index (Phi) is 11.6. The van der Waals surface area contributed by atoms with Gasteiger partial charge in [0.15, 0.2) is 5.82 Å². The molecule has 2 aliphatic rings. The van der Waals surface area contributed by atoms with Crippen LogP contribution in [-0.2, 0) is 0 Å². The van der Waals surface area contributed by atoms with E-state index in [4.69, 9.17) is 9.97 Å². The average molecular weight is 1060 g/mol. The van der Waals surface area contributed by atoms with Crippen LogP contribution in [0.5, 0.6) is 0 Å². The molecule has 386 valence electrons. The molecule has 83 heavy (non-hydrogen) atoms. The molecule has 0 amide bonds. The zero-order valence-electron chi connectivity index (χ0n) is 45.3. The van der Waals surface area contributed by atoms with E-state index in [2.05, 4.69) is 313 Å². The lowest BCUT2D eigenvalue weighted by Crippen LogP contribution is -2.61. The van der Waals surface area contributed by atoms with Crippen molar-refractivity contribution in [1.29, 1.82) is 0 Å². The maximum Gasteiger partial charge on any atom is 0.253 e. The number of rotatable bonds is 9. The summed E-state index contributed by atoms with van der Waals surface area (Å²) in [5.41, 5.74) is 24.1. The quantitative estimate of drug-likeness (QED) is 0.135. The highest BCUT2D eigenvalue weighted by Gasteiger charge is 2.45. The van der Waals surface area contributed by atoms with Crippen molar-refractivity contribution in [3.63, 3.8) is 0 Å². The van der Waals surface area contributed by atoms with E-state index in [0.29, 0.717) is 5.82 Å². The first-order valence-corrected chi connectivity index (χ1v) is 28.5. The minimum atomic E-state index is -0.189. The molecule has 0 saturated heterocycles. The molecule has 0 unspecified atom stereocenters. The van der Waals surface area contributed by atoms with E-state index in [1.165, 1.54) is 37.9 Å². The van der Waals surface area contributed by atoms with Crippen molar-refractivity contribution < 1.29 is 0 Å². The monoisotopic (exact) mass is 1050 g/mol. The molecular weight excluding hydrogens is 1000 g/mol. The molecule has 13 aromatic carbocycles. The van der Waals surface area contributed by atoms with E-state index in [-0.39, 0.29) is 6.71 Å². The zero-order valence-corrected chi connectivity index (χ0v) is 45.3. The summed E-state index contributed by atoms with van der Waals surface area (Å²) in [6.07, 6.45) is 0. The Bertz CT molecular complexity index is 4370. The number of nitrogens with zero attached hydrogens (tertiary/aromatic N) is 4. The van der Waals surface area contributed by atoms with Gasteiger partial charge in [-0.1, -0.05) is 243 Å². The number of fused-ring (bicyclic) bond motifs is 8. The van der Waals surface area contributed by atoms with Crippen molar-refractivity contribution in [2.24, 2.45) is 0 Å². The Morgan fingerprint density at radius 3 is 0.964 bits per heavy atom. The summed E-state index contributed by atoms with van der Waals surface area (Å²) >= 11 is 0. The molecule has 1 aromatic heterocycles. The molecule has 0 bridgehead atoms. The highest BCUT2D eigenvalue weighted by atomic mass is 15.2. The Balaban J connectivity index is 1.07. The lowest BCUT2D eigenvalue weighted by molar-refractivity contribution is 1.18. The van der Waals surface area contributed by atoms with Crippen LogP contribution >= 0.6 is 0 Å². The standard InChI is InChI=1S/C78H51BN4/c1-7-23-52(24-8-1)60-43-61(53-25-9-2-10-26-53)46-65(45-60)82-71-41-39-56-31-19-21-37-67(56)75(71)79-76-68-38-22-20-32-57(68)40-42-72(76)83(66-47-62(54-27-11-3-12-28-54)44-63(48-66)55-29-13-4-14-30-55)74-50-64(49-73(82)77(74)79)70-51-69(58-33-15-5-16-34-58)80-78(81-70)59-35-17-6-18-36-59/h1-51H. The van der Waals surface area contributed by atoms with Crippen LogP contribution in [0, 0.1) is 0 Å². The maximum absolute atomic E-state index is 5.59. The van der Waals surface area contributed by atoms with Crippen molar-refractivity contribution in [3.05, 3.63) is 309 Å². The molecule has 0 atom stereocenters. The summed E-state index contributed by atoms with van der Waals surface area (Å²) in [6, 6.07) is 113. The smallest absolute Gasteiger partial charge is 0.253 e. The van der Waals surface area contributed by atoms with Gasteiger partial charge in [-0.15, -0.1) is 0 Å². The summed E-state index contributed by atoms with van der Waals surface area (Å²) in [7, 11) is 0. The second-order valence-electron chi connectivity index (χ2n) is 21.7. The zero-order chi connectivity index (χ0) is 54.8. The third-order valence-corrected chi connectivity index (χ3v) is 16.8. The molecule has 4 nitrogen and oxygen atoms in total. The van der Waals surface area contributed by atoms with Crippen molar-refractivity contribution in [1.82, 2.24) is 9.97 Å². The van der Waals surface area contributed by atoms with Crippen LogP contribution < -0.4 is 26.2 Å². The molecule has 0 fully saturated rings. The summed E-state index contributed by atoms with van der Waals surface area (Å²) in [4.78, 5) is 16.1. The van der Waals surface area contributed by atoms with Crippen LogP contribution in [0.4, 0.5) is 34.1 Å². The van der Waals surface area contributed by atoms with Crippen molar-refractivity contribution in [2.45, 2.75) is 0 Å². The van der Waals surface area contributed by atoms with Gasteiger partial charge >= 0.3 is 0 Å². The molecule has 14 aromatic rings. The summed E-state index contributed by atoms with van der Waals surface area (Å²) in [5.74, 6) is 0.666. The summed E-state index contributed by atoms with van der Waals surface area (Å²) < 4.78 is 0. The molecule has 0 aliphatic carbocycles. The average Bonchev–Trinajstić information content (AvgIpc) is 1.14. The van der Waals surface area contributed by atoms with Crippen LogP contribution in [0.25, 0.3) is 100.0 Å². The fourth-order valence-corrected chi connectivity index (χ4v) is 13.0. The molecule has 3 heterocycles. The highest BCUT2D eigenvalue weighted by molar-refractivity contribution is 7.03. The first kappa shape index (κ1) is 48.1. The Morgan fingerprint density at radius 2 is 0.566 bits per heavy atom. The number of hydrogen-bond acceptors (Lipinski definition) is 4. The first-order valence-electron chi connectivity index (χ1n) is 28.5. The van der Waals surface area contributed by atoms with Crippen LogP contribution in [0.1, 0.15) is 0 Å². The molecule has 5 heteroatoms. The molecule has 16 rings (SSSR count). The summed E-state index contributed by atoms with van der Waals surface area (Å²) in [6.45, 7) is -0.189. The number of anilines is 6. The summed E-state index contributed by atoms with van der Waals surface area (Å²) in [5, 5.41) is 4.85. The first-order chi connectivity index (χ1) is 41.1. The predicted molar refractivity (Wildman–Crippen MR) is 349 cm³/mol. The van der Waals surface area contributed by atoms with Gasteiger partial charge in [0.2, 0.25) is 0 Å². The predicted octanol–water partition coefficient (Wildman–Crippen LogP) is 18.5. The third-order valence-electron chi connectivity index (χ3n) is 16.8. The van der Waals surface area contributed by atoms with E-state index < -0.39 is 0 Å². The lowest BCUT2D eigenvalue weighted by atomic mass is 9.32. The Labute approximate surface area is 483 Å². The number of aromatic nitrogens is 2. The molecule has 0 spiro atoms. The van der Waals surface area contributed by atoms with E-state index in [1.807, 2.05) is 6.07 Å². The van der Waals surface area contributed by atoms with Crippen LogP contribution in [0.3, 0.4) is 0 Å². The van der Waals surface area contributed by atoms with Gasteiger partial charge in [-0.25, -0.2) is 9.97 Å². The van der Waals surface area contributed by atoms with Crippen molar-refractivity contribution in [2.75, 3.05) is 9.80 Å². The van der Waals surface area contributed by atoms with E-state index in [9.17, 15) is 0 Å². The van der Waals surface area contributed by atoms with Gasteiger partial charge in [-0.05, 0) is 149 Å². The second-order valence-corrected chi connectivity index (χ2v) is 21.7. The van der Waals surface area contributed by atoms with Gasteiger partial charge in [-0.2, -0.15) is 0 Å². The molecule has 2 aliphatic heterocycles. The van der Waals surface area contributed by atoms with Crippen molar-refractivity contribution in [3.8, 4) is 78.4 Å².